The highest BCUT2D eigenvalue weighted by Crippen LogP contribution is 2.32. The number of phenols is 1. The second kappa shape index (κ2) is 7.56. The zero-order valence-electron chi connectivity index (χ0n) is 14.6. The molecule has 2 aliphatic rings. The van der Waals surface area contributed by atoms with Crippen LogP contribution in [0.5, 0.6) is 17.2 Å². The summed E-state index contributed by atoms with van der Waals surface area (Å²) in [6.07, 6.45) is 4.81. The molecule has 0 bridgehead atoms. The summed E-state index contributed by atoms with van der Waals surface area (Å²) in [5, 5.41) is 16.5. The van der Waals surface area contributed by atoms with E-state index in [0.717, 1.165) is 41.6 Å². The van der Waals surface area contributed by atoms with Gasteiger partial charge in [0, 0.05) is 17.8 Å². The fourth-order valence-corrected chi connectivity index (χ4v) is 3.31. The average molecular weight is 353 g/mol. The molecule has 1 fully saturated rings. The smallest absolute Gasteiger partial charge is 0.231 e. The zero-order valence-corrected chi connectivity index (χ0v) is 14.6. The second-order valence-electron chi connectivity index (χ2n) is 6.65. The first kappa shape index (κ1) is 16.6. The maximum atomic E-state index is 9.68. The van der Waals surface area contributed by atoms with Gasteiger partial charge in [0.1, 0.15) is 5.75 Å². The fraction of sp³-hybridized carbons (Fsp3) is 0.350. The molecule has 0 spiro atoms. The first-order chi connectivity index (χ1) is 12.8. The van der Waals surface area contributed by atoms with Crippen molar-refractivity contribution in [2.45, 2.75) is 38.3 Å². The van der Waals surface area contributed by atoms with Gasteiger partial charge in [-0.3, -0.25) is 0 Å². The van der Waals surface area contributed by atoms with Gasteiger partial charge in [0.15, 0.2) is 17.5 Å². The first-order valence-electron chi connectivity index (χ1n) is 9.02. The Bertz CT molecular complexity index is 801. The number of nitrogens with one attached hydrogen (secondary N) is 2. The van der Waals surface area contributed by atoms with Gasteiger partial charge in [0.25, 0.3) is 0 Å². The molecule has 4 rings (SSSR count). The Kier molecular flexibility index (Phi) is 4.82. The van der Waals surface area contributed by atoms with Gasteiger partial charge in [-0.05, 0) is 42.7 Å². The summed E-state index contributed by atoms with van der Waals surface area (Å²) >= 11 is 0. The number of rotatable bonds is 4. The molecule has 0 atom stereocenters. The number of ether oxygens (including phenoxy) is 2. The van der Waals surface area contributed by atoms with E-state index in [-0.39, 0.29) is 12.5 Å². The van der Waals surface area contributed by atoms with E-state index in [1.165, 1.54) is 12.8 Å². The van der Waals surface area contributed by atoms with Crippen molar-refractivity contribution in [3.8, 4) is 17.2 Å². The van der Waals surface area contributed by atoms with Crippen LogP contribution >= 0.6 is 0 Å². The van der Waals surface area contributed by atoms with Gasteiger partial charge in [-0.25, -0.2) is 4.99 Å². The Morgan fingerprint density at radius 3 is 2.77 bits per heavy atom. The minimum Gasteiger partial charge on any atom is -0.508 e. The van der Waals surface area contributed by atoms with Crippen LogP contribution < -0.4 is 20.1 Å². The van der Waals surface area contributed by atoms with Crippen LogP contribution in [0.1, 0.15) is 31.2 Å². The lowest BCUT2D eigenvalue weighted by molar-refractivity contribution is 0.174. The third-order valence-corrected chi connectivity index (χ3v) is 4.66. The van der Waals surface area contributed by atoms with Crippen LogP contribution in [-0.2, 0) is 6.54 Å². The lowest BCUT2D eigenvalue weighted by Crippen LogP contribution is -2.37. The van der Waals surface area contributed by atoms with Crippen molar-refractivity contribution in [1.82, 2.24) is 5.32 Å². The van der Waals surface area contributed by atoms with Crippen LogP contribution in [0.25, 0.3) is 0 Å². The predicted octanol–water partition coefficient (Wildman–Crippen LogP) is 3.62. The second-order valence-corrected chi connectivity index (χ2v) is 6.65. The molecule has 1 aliphatic carbocycles. The molecule has 26 heavy (non-hydrogen) atoms. The van der Waals surface area contributed by atoms with E-state index in [2.05, 4.69) is 10.6 Å². The van der Waals surface area contributed by atoms with Crippen LogP contribution in [0, 0.1) is 0 Å². The van der Waals surface area contributed by atoms with E-state index in [1.807, 2.05) is 30.3 Å². The van der Waals surface area contributed by atoms with E-state index < -0.39 is 0 Å². The van der Waals surface area contributed by atoms with Gasteiger partial charge < -0.3 is 25.2 Å². The molecule has 3 N–H and O–H groups in total. The van der Waals surface area contributed by atoms with Crippen molar-refractivity contribution < 1.29 is 14.6 Å². The van der Waals surface area contributed by atoms with Crippen molar-refractivity contribution in [3.63, 3.8) is 0 Å². The number of benzene rings is 2. The molecule has 0 unspecified atom stereocenters. The average Bonchev–Trinajstić information content (AvgIpc) is 3.30. The minimum absolute atomic E-state index is 0.228. The molecule has 0 amide bonds. The lowest BCUT2D eigenvalue weighted by Gasteiger charge is -2.17. The highest BCUT2D eigenvalue weighted by atomic mass is 16.7. The Morgan fingerprint density at radius 2 is 1.92 bits per heavy atom. The molecular weight excluding hydrogens is 330 g/mol. The predicted molar refractivity (Wildman–Crippen MR) is 101 cm³/mol. The highest BCUT2D eigenvalue weighted by molar-refractivity contribution is 5.94. The summed E-state index contributed by atoms with van der Waals surface area (Å²) in [5.41, 5.74) is 1.86. The number of aromatic hydroxyl groups is 1. The van der Waals surface area contributed by atoms with Gasteiger partial charge >= 0.3 is 0 Å². The zero-order chi connectivity index (χ0) is 17.8. The van der Waals surface area contributed by atoms with Crippen LogP contribution in [0.3, 0.4) is 0 Å². The SMILES string of the molecule is Oc1cccc(NC(=NCc2ccc3c(c2)OCO3)NC2CCCC2)c1. The van der Waals surface area contributed by atoms with E-state index in [1.54, 1.807) is 12.1 Å². The Hall–Kier alpha value is -2.89. The molecule has 1 heterocycles. The lowest BCUT2D eigenvalue weighted by atomic mass is 10.2. The van der Waals surface area contributed by atoms with Crippen molar-refractivity contribution in [2.24, 2.45) is 4.99 Å². The van der Waals surface area contributed by atoms with E-state index in [4.69, 9.17) is 14.5 Å². The number of hydrogen-bond acceptors (Lipinski definition) is 4. The molecule has 2 aromatic carbocycles. The number of phenolic OH excluding ortho intramolecular Hbond substituents is 1. The van der Waals surface area contributed by atoms with Gasteiger partial charge in [0.05, 0.1) is 6.54 Å². The number of guanidine groups is 1. The molecule has 0 saturated heterocycles. The molecule has 0 aromatic heterocycles. The van der Waals surface area contributed by atoms with Crippen LogP contribution in [0.2, 0.25) is 0 Å². The summed E-state index contributed by atoms with van der Waals surface area (Å²) < 4.78 is 10.8. The van der Waals surface area contributed by atoms with Gasteiger partial charge in [-0.15, -0.1) is 0 Å². The molecule has 2 aromatic rings. The first-order valence-corrected chi connectivity index (χ1v) is 9.02. The molecule has 1 aliphatic heterocycles. The summed E-state index contributed by atoms with van der Waals surface area (Å²) in [4.78, 5) is 4.72. The number of hydrogen-bond donors (Lipinski definition) is 3. The number of aliphatic imine (C=N–C) groups is 1. The molecule has 1 saturated carbocycles. The molecule has 0 radical (unpaired) electrons. The third-order valence-electron chi connectivity index (χ3n) is 4.66. The van der Waals surface area contributed by atoms with Crippen molar-refractivity contribution >= 4 is 11.6 Å². The Labute approximate surface area is 152 Å². The molecule has 6 heteroatoms. The van der Waals surface area contributed by atoms with Crippen molar-refractivity contribution in [2.75, 3.05) is 12.1 Å². The maximum absolute atomic E-state index is 9.68. The van der Waals surface area contributed by atoms with Crippen LogP contribution in [0.4, 0.5) is 5.69 Å². The maximum Gasteiger partial charge on any atom is 0.231 e. The Balaban J connectivity index is 1.50. The molecule has 136 valence electrons. The summed E-state index contributed by atoms with van der Waals surface area (Å²) in [6.45, 7) is 0.799. The number of anilines is 1. The molecule has 6 nitrogen and oxygen atoms in total. The van der Waals surface area contributed by atoms with Gasteiger partial charge in [-0.2, -0.15) is 0 Å². The van der Waals surface area contributed by atoms with Crippen molar-refractivity contribution in [3.05, 3.63) is 48.0 Å². The monoisotopic (exact) mass is 353 g/mol. The summed E-state index contributed by atoms with van der Waals surface area (Å²) in [7, 11) is 0. The van der Waals surface area contributed by atoms with E-state index in [0.29, 0.717) is 12.6 Å². The van der Waals surface area contributed by atoms with Gasteiger partial charge in [0.2, 0.25) is 6.79 Å². The quantitative estimate of drug-likeness (QED) is 0.578. The highest BCUT2D eigenvalue weighted by Gasteiger charge is 2.17. The van der Waals surface area contributed by atoms with E-state index >= 15 is 0 Å². The van der Waals surface area contributed by atoms with Crippen LogP contribution in [-0.4, -0.2) is 23.9 Å². The standard InChI is InChI=1S/C20H23N3O3/c24-17-7-3-6-16(11-17)23-20(22-15-4-1-2-5-15)21-12-14-8-9-18-19(10-14)26-13-25-18/h3,6-11,15,24H,1-2,4-5,12-13H2,(H2,21,22,23). The fourth-order valence-electron chi connectivity index (χ4n) is 3.31. The Morgan fingerprint density at radius 1 is 1.08 bits per heavy atom. The largest absolute Gasteiger partial charge is 0.508 e. The minimum atomic E-state index is 0.228. The van der Waals surface area contributed by atoms with Crippen molar-refractivity contribution in [1.29, 1.82) is 0 Å². The number of fused-ring (bicyclic) bond motifs is 1. The van der Waals surface area contributed by atoms with E-state index in [9.17, 15) is 5.11 Å². The topological polar surface area (TPSA) is 75.1 Å². The normalized spacial score (nSPS) is 16.7. The van der Waals surface area contributed by atoms with Gasteiger partial charge in [-0.1, -0.05) is 25.0 Å². The third kappa shape index (κ3) is 4.02. The summed E-state index contributed by atoms with van der Waals surface area (Å²) in [6, 6.07) is 13.4. The molecular formula is C20H23N3O3. The van der Waals surface area contributed by atoms with Crippen LogP contribution in [0.15, 0.2) is 47.5 Å². The number of nitrogens with zero attached hydrogens (tertiary/aromatic N) is 1. The summed E-state index contributed by atoms with van der Waals surface area (Å²) in [5.74, 6) is 2.50.